The van der Waals surface area contributed by atoms with Crippen molar-refractivity contribution in [3.63, 3.8) is 0 Å². The van der Waals surface area contributed by atoms with Gasteiger partial charge in [-0.05, 0) is 44.9 Å². The van der Waals surface area contributed by atoms with Gasteiger partial charge in [-0.25, -0.2) is 0 Å². The average Bonchev–Trinajstić information content (AvgIpc) is 2.99. The predicted octanol–water partition coefficient (Wildman–Crippen LogP) is 10.7. The van der Waals surface area contributed by atoms with E-state index in [1.807, 2.05) is 6.08 Å². The number of carbonyl (C=O) groups is 1. The van der Waals surface area contributed by atoms with Crippen LogP contribution in [0.5, 0.6) is 0 Å². The minimum absolute atomic E-state index is 0.0789. The summed E-state index contributed by atoms with van der Waals surface area (Å²) in [5.74, 6) is -0.0789. The molecule has 4 nitrogen and oxygen atoms in total. The van der Waals surface area contributed by atoms with Crippen LogP contribution in [0.25, 0.3) is 0 Å². The van der Waals surface area contributed by atoms with Crippen LogP contribution in [0.1, 0.15) is 181 Å². The third-order valence-electron chi connectivity index (χ3n) is 8.10. The number of allylic oxidation sites excluding steroid dienone is 5. The molecule has 0 rings (SSSR count). The van der Waals surface area contributed by atoms with Crippen LogP contribution in [-0.2, 0) is 4.79 Å². The lowest BCUT2D eigenvalue weighted by Gasteiger charge is -2.19. The zero-order valence-corrected chi connectivity index (χ0v) is 28.0. The summed E-state index contributed by atoms with van der Waals surface area (Å²) < 4.78 is 0. The molecule has 0 heterocycles. The Hall–Kier alpha value is -1.39. The second-order valence-corrected chi connectivity index (χ2v) is 12.3. The van der Waals surface area contributed by atoms with Crippen LogP contribution in [0.2, 0.25) is 0 Å². The monoisotopic (exact) mass is 590 g/mol. The number of aliphatic hydroxyl groups excluding tert-OH is 2. The van der Waals surface area contributed by atoms with Gasteiger partial charge in [0.1, 0.15) is 0 Å². The van der Waals surface area contributed by atoms with Gasteiger partial charge in [-0.1, -0.05) is 166 Å². The molecule has 0 bridgehead atoms. The van der Waals surface area contributed by atoms with E-state index in [-0.39, 0.29) is 12.5 Å². The Kier molecular flexibility index (Phi) is 33.0. The smallest absolute Gasteiger partial charge is 0.220 e. The van der Waals surface area contributed by atoms with Crippen LogP contribution >= 0.6 is 0 Å². The van der Waals surface area contributed by atoms with Crippen molar-refractivity contribution in [1.29, 1.82) is 0 Å². The van der Waals surface area contributed by atoms with Gasteiger partial charge in [-0.2, -0.15) is 0 Å². The Morgan fingerprint density at radius 2 is 0.929 bits per heavy atom. The minimum atomic E-state index is -0.865. The topological polar surface area (TPSA) is 69.6 Å². The summed E-state index contributed by atoms with van der Waals surface area (Å²) in [7, 11) is 0. The second-order valence-electron chi connectivity index (χ2n) is 12.3. The van der Waals surface area contributed by atoms with Crippen molar-refractivity contribution in [3.05, 3.63) is 36.5 Å². The number of hydrogen-bond acceptors (Lipinski definition) is 3. The number of amides is 1. The van der Waals surface area contributed by atoms with Crippen molar-refractivity contribution in [3.8, 4) is 0 Å². The summed E-state index contributed by atoms with van der Waals surface area (Å²) in [6, 6.07) is -0.640. The zero-order valence-electron chi connectivity index (χ0n) is 28.0. The van der Waals surface area contributed by atoms with Crippen molar-refractivity contribution < 1.29 is 15.0 Å². The van der Waals surface area contributed by atoms with E-state index >= 15 is 0 Å². The van der Waals surface area contributed by atoms with E-state index in [0.717, 1.165) is 38.5 Å². The molecule has 42 heavy (non-hydrogen) atoms. The number of rotatable bonds is 32. The molecular weight excluding hydrogens is 518 g/mol. The van der Waals surface area contributed by atoms with E-state index in [1.54, 1.807) is 6.08 Å². The number of unbranched alkanes of at least 4 members (excludes halogenated alkanes) is 21. The fraction of sp³-hybridized carbons (Fsp3) is 0.816. The molecule has 0 fully saturated rings. The van der Waals surface area contributed by atoms with E-state index in [1.165, 1.54) is 122 Å². The van der Waals surface area contributed by atoms with E-state index in [0.29, 0.717) is 6.42 Å². The van der Waals surface area contributed by atoms with Crippen LogP contribution in [0.3, 0.4) is 0 Å². The Labute approximate surface area is 261 Å². The molecule has 4 heteroatoms. The first-order valence-corrected chi connectivity index (χ1v) is 18.2. The van der Waals surface area contributed by atoms with Gasteiger partial charge >= 0.3 is 0 Å². The third-order valence-corrected chi connectivity index (χ3v) is 8.10. The number of carbonyl (C=O) groups excluding carboxylic acids is 1. The lowest BCUT2D eigenvalue weighted by molar-refractivity contribution is -0.123. The lowest BCUT2D eigenvalue weighted by atomic mass is 10.0. The first-order valence-electron chi connectivity index (χ1n) is 18.2. The summed E-state index contributed by atoms with van der Waals surface area (Å²) in [6.07, 6.45) is 43.7. The standard InChI is InChI=1S/C38H71NO3/c1-3-5-7-9-11-13-15-17-19-20-22-24-26-28-30-32-34-38(42)39-36(35-40)37(41)33-31-29-27-25-23-21-18-16-14-12-10-8-6-4-2/h14,16,23,25,31,33,36-37,40-41H,3-13,15,17-22,24,26-30,32,34-35H2,1-2H3,(H,39,42)/b16-14+,25-23+,33-31+. The maximum Gasteiger partial charge on any atom is 0.220 e. The van der Waals surface area contributed by atoms with Gasteiger partial charge in [0.05, 0.1) is 18.8 Å². The van der Waals surface area contributed by atoms with E-state index in [2.05, 4.69) is 43.5 Å². The fourth-order valence-electron chi connectivity index (χ4n) is 5.27. The van der Waals surface area contributed by atoms with Crippen LogP contribution in [-0.4, -0.2) is 34.9 Å². The normalized spacial score (nSPS) is 13.5. The Balaban J connectivity index is 3.68. The second kappa shape index (κ2) is 34.1. The SMILES string of the molecule is CCCCCC/C=C/CC/C=C/CC/C=C/C(O)C(CO)NC(=O)CCCCCCCCCCCCCCCCCC. The highest BCUT2D eigenvalue weighted by molar-refractivity contribution is 5.76. The average molecular weight is 590 g/mol. The molecule has 246 valence electrons. The van der Waals surface area contributed by atoms with E-state index in [9.17, 15) is 15.0 Å². The third kappa shape index (κ3) is 30.1. The molecule has 0 aromatic carbocycles. The highest BCUT2D eigenvalue weighted by Crippen LogP contribution is 2.14. The molecule has 2 atom stereocenters. The Morgan fingerprint density at radius 1 is 0.548 bits per heavy atom. The quantitative estimate of drug-likeness (QED) is 0.0540. The molecule has 0 spiro atoms. The number of hydrogen-bond donors (Lipinski definition) is 3. The highest BCUT2D eigenvalue weighted by Gasteiger charge is 2.17. The molecule has 0 aliphatic rings. The van der Waals surface area contributed by atoms with Crippen molar-refractivity contribution in [2.75, 3.05) is 6.61 Å². The summed E-state index contributed by atoms with van der Waals surface area (Å²) in [6.45, 7) is 4.26. The summed E-state index contributed by atoms with van der Waals surface area (Å²) in [5.41, 5.74) is 0. The molecule has 0 aromatic rings. The minimum Gasteiger partial charge on any atom is -0.394 e. The fourth-order valence-corrected chi connectivity index (χ4v) is 5.27. The zero-order chi connectivity index (χ0) is 30.8. The molecule has 1 amide bonds. The first kappa shape index (κ1) is 40.6. The van der Waals surface area contributed by atoms with Crippen LogP contribution < -0.4 is 5.32 Å². The van der Waals surface area contributed by atoms with Crippen LogP contribution in [0.4, 0.5) is 0 Å². The molecular formula is C38H71NO3. The van der Waals surface area contributed by atoms with Gasteiger partial charge in [0.15, 0.2) is 0 Å². The molecule has 0 saturated heterocycles. The molecule has 0 radical (unpaired) electrons. The Morgan fingerprint density at radius 3 is 1.38 bits per heavy atom. The van der Waals surface area contributed by atoms with Crippen LogP contribution in [0.15, 0.2) is 36.5 Å². The van der Waals surface area contributed by atoms with Gasteiger partial charge in [0, 0.05) is 6.42 Å². The molecule has 2 unspecified atom stereocenters. The number of nitrogens with one attached hydrogen (secondary N) is 1. The molecule has 0 aliphatic carbocycles. The molecule has 0 saturated carbocycles. The van der Waals surface area contributed by atoms with Crippen molar-refractivity contribution in [2.45, 2.75) is 193 Å². The van der Waals surface area contributed by atoms with Crippen molar-refractivity contribution in [2.24, 2.45) is 0 Å². The predicted molar refractivity (Wildman–Crippen MR) is 184 cm³/mol. The van der Waals surface area contributed by atoms with Crippen LogP contribution in [0, 0.1) is 0 Å². The number of aliphatic hydroxyl groups is 2. The lowest BCUT2D eigenvalue weighted by Crippen LogP contribution is -2.45. The van der Waals surface area contributed by atoms with Crippen molar-refractivity contribution in [1.82, 2.24) is 5.32 Å². The summed E-state index contributed by atoms with van der Waals surface area (Å²) in [4.78, 5) is 12.3. The largest absolute Gasteiger partial charge is 0.394 e. The van der Waals surface area contributed by atoms with Gasteiger partial charge in [0.2, 0.25) is 5.91 Å². The maximum absolute atomic E-state index is 12.3. The van der Waals surface area contributed by atoms with E-state index in [4.69, 9.17) is 0 Å². The van der Waals surface area contributed by atoms with Gasteiger partial charge < -0.3 is 15.5 Å². The molecule has 3 N–H and O–H groups in total. The summed E-state index contributed by atoms with van der Waals surface area (Å²) >= 11 is 0. The first-order chi connectivity index (χ1) is 20.7. The maximum atomic E-state index is 12.3. The molecule has 0 aromatic heterocycles. The highest BCUT2D eigenvalue weighted by atomic mass is 16.3. The van der Waals surface area contributed by atoms with Gasteiger partial charge in [0.25, 0.3) is 0 Å². The van der Waals surface area contributed by atoms with Gasteiger partial charge in [-0.3, -0.25) is 4.79 Å². The van der Waals surface area contributed by atoms with E-state index < -0.39 is 12.1 Å². The molecule has 0 aliphatic heterocycles. The van der Waals surface area contributed by atoms with Gasteiger partial charge in [-0.15, -0.1) is 0 Å². The Bertz CT molecular complexity index is 642. The summed E-state index contributed by atoms with van der Waals surface area (Å²) in [5, 5.41) is 22.8. The van der Waals surface area contributed by atoms with Crippen molar-refractivity contribution >= 4 is 5.91 Å².